The van der Waals surface area contributed by atoms with Gasteiger partial charge in [0, 0.05) is 18.6 Å². The number of aliphatic hydroxyl groups excluding tert-OH is 1. The monoisotopic (exact) mass is 258 g/mol. The number of aliphatic hydroxyl groups is 1. The quantitative estimate of drug-likeness (QED) is 0.596. The molecule has 0 amide bonds. The van der Waals surface area contributed by atoms with Crippen molar-refractivity contribution in [3.63, 3.8) is 0 Å². The van der Waals surface area contributed by atoms with Crippen molar-refractivity contribution in [2.75, 3.05) is 13.2 Å². The van der Waals surface area contributed by atoms with Crippen LogP contribution in [0.1, 0.15) is 34.1 Å². The van der Waals surface area contributed by atoms with E-state index in [0.29, 0.717) is 18.6 Å². The van der Waals surface area contributed by atoms with E-state index in [2.05, 4.69) is 6.58 Å². The van der Waals surface area contributed by atoms with Crippen LogP contribution in [-0.2, 0) is 19.0 Å². The van der Waals surface area contributed by atoms with Gasteiger partial charge in [-0.1, -0.05) is 6.58 Å². The van der Waals surface area contributed by atoms with Crippen molar-refractivity contribution < 1.29 is 24.1 Å². The van der Waals surface area contributed by atoms with Gasteiger partial charge in [-0.2, -0.15) is 0 Å². The van der Waals surface area contributed by atoms with Gasteiger partial charge in [0.2, 0.25) is 0 Å². The van der Waals surface area contributed by atoms with Gasteiger partial charge in [-0.3, -0.25) is 0 Å². The van der Waals surface area contributed by atoms with E-state index in [1.807, 2.05) is 0 Å². The number of rotatable bonds is 5. The van der Waals surface area contributed by atoms with Gasteiger partial charge < -0.3 is 19.3 Å². The molecule has 1 rings (SSSR count). The molecule has 0 aromatic carbocycles. The van der Waals surface area contributed by atoms with E-state index >= 15 is 0 Å². The van der Waals surface area contributed by atoms with Crippen LogP contribution in [-0.4, -0.2) is 41.8 Å². The number of carbonyl (C=O) groups is 1. The first kappa shape index (κ1) is 15.1. The highest BCUT2D eigenvalue weighted by Gasteiger charge is 2.45. The molecule has 1 saturated heterocycles. The zero-order valence-corrected chi connectivity index (χ0v) is 11.5. The van der Waals surface area contributed by atoms with Gasteiger partial charge in [-0.15, -0.1) is 0 Å². The molecule has 104 valence electrons. The highest BCUT2D eigenvalue weighted by atomic mass is 16.8. The van der Waals surface area contributed by atoms with Gasteiger partial charge in [-0.25, -0.2) is 4.79 Å². The largest absolute Gasteiger partial charge is 0.453 e. The second-order valence-electron chi connectivity index (χ2n) is 5.30. The van der Waals surface area contributed by atoms with E-state index in [4.69, 9.17) is 19.3 Å². The number of esters is 1. The molecule has 1 heterocycles. The van der Waals surface area contributed by atoms with Gasteiger partial charge in [0.15, 0.2) is 5.79 Å². The molecule has 5 heteroatoms. The summed E-state index contributed by atoms with van der Waals surface area (Å²) in [5.74, 6) is -1.26. The van der Waals surface area contributed by atoms with E-state index in [1.54, 1.807) is 27.7 Å². The Kier molecular flexibility index (Phi) is 4.53. The molecule has 5 nitrogen and oxygen atoms in total. The van der Waals surface area contributed by atoms with E-state index in [1.165, 1.54) is 0 Å². The molecule has 0 aromatic rings. The first-order chi connectivity index (χ1) is 8.20. The molecule has 0 radical (unpaired) electrons. The maximum absolute atomic E-state index is 11.5. The van der Waals surface area contributed by atoms with Gasteiger partial charge >= 0.3 is 5.97 Å². The second-order valence-corrected chi connectivity index (χ2v) is 5.30. The van der Waals surface area contributed by atoms with Crippen molar-refractivity contribution in [2.24, 2.45) is 0 Å². The third kappa shape index (κ3) is 3.54. The van der Waals surface area contributed by atoms with Crippen molar-refractivity contribution >= 4 is 5.97 Å². The third-order valence-corrected chi connectivity index (χ3v) is 2.98. The van der Waals surface area contributed by atoms with Gasteiger partial charge in [0.1, 0.15) is 11.7 Å². The van der Waals surface area contributed by atoms with Crippen LogP contribution in [0.2, 0.25) is 0 Å². The SMILES string of the molecule is C=C(C)C(=O)OC(C)(C)C1COC(C)(CCO)O1. The maximum Gasteiger partial charge on any atom is 0.333 e. The smallest absolute Gasteiger partial charge is 0.333 e. The van der Waals surface area contributed by atoms with Crippen LogP contribution < -0.4 is 0 Å². The summed E-state index contributed by atoms with van der Waals surface area (Å²) in [7, 11) is 0. The fourth-order valence-corrected chi connectivity index (χ4v) is 1.69. The number of carbonyl (C=O) groups excluding carboxylic acids is 1. The molecule has 0 aliphatic carbocycles. The molecule has 1 aliphatic rings. The Hall–Kier alpha value is -0.910. The van der Waals surface area contributed by atoms with Crippen LogP contribution in [0.4, 0.5) is 0 Å². The molecule has 1 N–H and O–H groups in total. The summed E-state index contributed by atoms with van der Waals surface area (Å²) in [5.41, 5.74) is -0.455. The molecule has 0 aromatic heterocycles. The van der Waals surface area contributed by atoms with Crippen LogP contribution in [0.3, 0.4) is 0 Å². The summed E-state index contributed by atoms with van der Waals surface area (Å²) in [6.45, 7) is 10.8. The second kappa shape index (κ2) is 5.38. The minimum absolute atomic E-state index is 0.0186. The molecule has 1 aliphatic heterocycles. The summed E-state index contributed by atoms with van der Waals surface area (Å²) < 4.78 is 16.6. The Labute approximate surface area is 108 Å². The Morgan fingerprint density at radius 3 is 2.72 bits per heavy atom. The molecule has 2 unspecified atom stereocenters. The summed E-state index contributed by atoms with van der Waals surface area (Å²) in [6, 6.07) is 0. The molecule has 0 spiro atoms. The number of hydrogen-bond acceptors (Lipinski definition) is 5. The van der Waals surface area contributed by atoms with Crippen LogP contribution in [0.15, 0.2) is 12.2 Å². The van der Waals surface area contributed by atoms with E-state index < -0.39 is 17.4 Å². The Bertz CT molecular complexity index is 336. The average molecular weight is 258 g/mol. The van der Waals surface area contributed by atoms with Gasteiger partial charge in [0.25, 0.3) is 0 Å². The molecular formula is C13H22O5. The first-order valence-corrected chi connectivity index (χ1v) is 6.02. The van der Waals surface area contributed by atoms with E-state index in [-0.39, 0.29) is 12.7 Å². The number of hydrogen-bond donors (Lipinski definition) is 1. The van der Waals surface area contributed by atoms with Crippen molar-refractivity contribution in [2.45, 2.75) is 51.6 Å². The van der Waals surface area contributed by atoms with E-state index in [9.17, 15) is 4.79 Å². The van der Waals surface area contributed by atoms with Gasteiger partial charge in [-0.05, 0) is 27.7 Å². The Morgan fingerprint density at radius 1 is 1.61 bits per heavy atom. The topological polar surface area (TPSA) is 65.0 Å². The summed E-state index contributed by atoms with van der Waals surface area (Å²) in [4.78, 5) is 11.5. The highest BCUT2D eigenvalue weighted by molar-refractivity contribution is 5.87. The lowest BCUT2D eigenvalue weighted by Crippen LogP contribution is -2.43. The molecule has 1 fully saturated rings. The van der Waals surface area contributed by atoms with Crippen molar-refractivity contribution in [1.82, 2.24) is 0 Å². The predicted octanol–water partition coefficient (Wildman–Crippen LogP) is 1.40. The maximum atomic E-state index is 11.5. The van der Waals surface area contributed by atoms with Crippen LogP contribution in [0.25, 0.3) is 0 Å². The highest BCUT2D eigenvalue weighted by Crippen LogP contribution is 2.33. The normalized spacial score (nSPS) is 28.2. The van der Waals surface area contributed by atoms with Gasteiger partial charge in [0.05, 0.1) is 6.61 Å². The summed E-state index contributed by atoms with van der Waals surface area (Å²) in [6.07, 6.45) is 0.0194. The van der Waals surface area contributed by atoms with E-state index in [0.717, 1.165) is 0 Å². The van der Waals surface area contributed by atoms with Crippen LogP contribution >= 0.6 is 0 Å². The fraction of sp³-hybridized carbons (Fsp3) is 0.769. The third-order valence-electron chi connectivity index (χ3n) is 2.98. The minimum atomic E-state index is -0.813. The Morgan fingerprint density at radius 2 is 2.22 bits per heavy atom. The first-order valence-electron chi connectivity index (χ1n) is 6.02. The zero-order valence-electron chi connectivity index (χ0n) is 11.5. The molecular weight excluding hydrogens is 236 g/mol. The van der Waals surface area contributed by atoms with Crippen molar-refractivity contribution in [3.05, 3.63) is 12.2 Å². The minimum Gasteiger partial charge on any atom is -0.453 e. The molecule has 18 heavy (non-hydrogen) atoms. The van der Waals surface area contributed by atoms with Crippen molar-refractivity contribution in [3.8, 4) is 0 Å². The predicted molar refractivity (Wildman–Crippen MR) is 65.9 cm³/mol. The van der Waals surface area contributed by atoms with Crippen LogP contribution in [0.5, 0.6) is 0 Å². The standard InChI is InChI=1S/C13H22O5/c1-9(2)11(15)18-12(3,4)10-8-16-13(5,17-10)6-7-14/h10,14H,1,6-8H2,2-5H3. The molecule has 0 bridgehead atoms. The fourth-order valence-electron chi connectivity index (χ4n) is 1.69. The average Bonchev–Trinajstić information content (AvgIpc) is 2.61. The lowest BCUT2D eigenvalue weighted by Gasteiger charge is -2.31. The summed E-state index contributed by atoms with van der Waals surface area (Å²) >= 11 is 0. The lowest BCUT2D eigenvalue weighted by atomic mass is 10.0. The van der Waals surface area contributed by atoms with Crippen LogP contribution in [0, 0.1) is 0 Å². The lowest BCUT2D eigenvalue weighted by molar-refractivity contribution is -0.195. The van der Waals surface area contributed by atoms with Crippen molar-refractivity contribution in [1.29, 1.82) is 0 Å². The molecule has 2 atom stereocenters. The summed E-state index contributed by atoms with van der Waals surface area (Å²) in [5, 5.41) is 8.94. The number of ether oxygens (including phenoxy) is 3. The Balaban J connectivity index is 2.65. The molecule has 0 saturated carbocycles. The zero-order chi connectivity index (χ0) is 14.0.